The summed E-state index contributed by atoms with van der Waals surface area (Å²) in [6, 6.07) is 0. The van der Waals surface area contributed by atoms with Crippen LogP contribution < -0.4 is 0 Å². The number of carbonyl (C=O) groups is 1. The molecule has 0 heterocycles. The maximum Gasteiger partial charge on any atom is 0.142 e. The van der Waals surface area contributed by atoms with Crippen LogP contribution >= 0.6 is 0 Å². The number of aldehydes is 1. The number of rotatable bonds is 2. The highest BCUT2D eigenvalue weighted by Crippen LogP contribution is 1.96. The zero-order valence-corrected chi connectivity index (χ0v) is 5.09. The minimum absolute atomic E-state index is 0.500. The molecule has 0 aromatic rings. The largest absolute Gasteiger partial charge is 0.389 e. The van der Waals surface area contributed by atoms with E-state index < -0.39 is 6.10 Å². The molecule has 0 aromatic carbocycles. The summed E-state index contributed by atoms with van der Waals surface area (Å²) in [5, 5.41) is 8.72. The molecule has 0 fully saturated rings. The first-order valence-corrected chi connectivity index (χ1v) is 2.48. The van der Waals surface area contributed by atoms with Gasteiger partial charge in [-0.25, -0.2) is 0 Å². The van der Waals surface area contributed by atoms with Gasteiger partial charge in [0.1, 0.15) is 6.29 Å². The molecule has 0 radical (unpaired) electrons. The van der Waals surface area contributed by atoms with Crippen molar-refractivity contribution in [2.75, 3.05) is 0 Å². The third-order valence-corrected chi connectivity index (χ3v) is 0.990. The van der Waals surface area contributed by atoms with Crippen LogP contribution in [0.5, 0.6) is 0 Å². The minimum atomic E-state index is -0.500. The Bertz CT molecular complexity index is 103. The van der Waals surface area contributed by atoms with Crippen molar-refractivity contribution in [3.63, 3.8) is 0 Å². The Morgan fingerprint density at radius 2 is 2.25 bits per heavy atom. The molecule has 0 saturated carbocycles. The highest BCUT2D eigenvalue weighted by Gasteiger charge is 1.94. The molecule has 1 atom stereocenters. The van der Waals surface area contributed by atoms with Gasteiger partial charge in [0.2, 0.25) is 0 Å². The lowest BCUT2D eigenvalue weighted by Crippen LogP contribution is -2.00. The van der Waals surface area contributed by atoms with Crippen LogP contribution in [-0.4, -0.2) is 17.5 Å². The number of aliphatic hydroxyl groups excluding tert-OH is 1. The molecule has 0 aliphatic carbocycles. The van der Waals surface area contributed by atoms with Crippen LogP contribution in [0.2, 0.25) is 0 Å². The molecule has 0 spiro atoms. The lowest BCUT2D eigenvalue weighted by molar-refractivity contribution is -0.104. The van der Waals surface area contributed by atoms with E-state index >= 15 is 0 Å². The predicted molar refractivity (Wildman–Crippen MR) is 31.5 cm³/mol. The van der Waals surface area contributed by atoms with Crippen LogP contribution in [0, 0.1) is 0 Å². The Balaban J connectivity index is 3.78. The van der Waals surface area contributed by atoms with E-state index in [4.69, 9.17) is 5.11 Å². The van der Waals surface area contributed by atoms with Gasteiger partial charge in [-0.15, -0.1) is 0 Å². The van der Waals surface area contributed by atoms with E-state index in [-0.39, 0.29) is 0 Å². The molecule has 2 nitrogen and oxygen atoms in total. The Kier molecular flexibility index (Phi) is 3.12. The summed E-state index contributed by atoms with van der Waals surface area (Å²) in [6.45, 7) is 3.33. The first-order valence-electron chi connectivity index (χ1n) is 2.48. The van der Waals surface area contributed by atoms with E-state index in [2.05, 4.69) is 0 Å². The topological polar surface area (TPSA) is 37.3 Å². The van der Waals surface area contributed by atoms with Gasteiger partial charge >= 0.3 is 0 Å². The average molecular weight is 114 g/mol. The molecule has 46 valence electrons. The highest BCUT2D eigenvalue weighted by molar-refractivity contribution is 5.66. The molecule has 0 aliphatic rings. The van der Waals surface area contributed by atoms with Crippen LogP contribution in [0.25, 0.3) is 0 Å². The van der Waals surface area contributed by atoms with Crippen LogP contribution in [0.1, 0.15) is 13.8 Å². The van der Waals surface area contributed by atoms with Gasteiger partial charge in [0, 0.05) is 0 Å². The van der Waals surface area contributed by atoms with Gasteiger partial charge in [-0.1, -0.05) is 0 Å². The van der Waals surface area contributed by atoms with E-state index in [0.29, 0.717) is 11.9 Å². The molecule has 0 aliphatic heterocycles. The lowest BCUT2D eigenvalue weighted by Gasteiger charge is -1.99. The van der Waals surface area contributed by atoms with Crippen molar-refractivity contribution in [1.29, 1.82) is 0 Å². The normalized spacial score (nSPS) is 15.6. The van der Waals surface area contributed by atoms with Crippen LogP contribution in [0.3, 0.4) is 0 Å². The first kappa shape index (κ1) is 7.37. The number of hydrogen-bond donors (Lipinski definition) is 1. The van der Waals surface area contributed by atoms with Gasteiger partial charge in [-0.3, -0.25) is 4.79 Å². The van der Waals surface area contributed by atoms with Crippen molar-refractivity contribution in [2.24, 2.45) is 0 Å². The summed E-state index contributed by atoms with van der Waals surface area (Å²) < 4.78 is 0. The van der Waals surface area contributed by atoms with E-state index in [0.717, 1.165) is 0 Å². The lowest BCUT2D eigenvalue weighted by atomic mass is 10.2. The van der Waals surface area contributed by atoms with Gasteiger partial charge in [0.15, 0.2) is 0 Å². The van der Waals surface area contributed by atoms with Crippen molar-refractivity contribution >= 4 is 6.29 Å². The minimum Gasteiger partial charge on any atom is -0.389 e. The van der Waals surface area contributed by atoms with Crippen LogP contribution in [-0.2, 0) is 4.79 Å². The van der Waals surface area contributed by atoms with Gasteiger partial charge in [-0.05, 0) is 25.5 Å². The van der Waals surface area contributed by atoms with E-state index in [1.165, 1.54) is 6.08 Å². The summed E-state index contributed by atoms with van der Waals surface area (Å²) in [6.07, 6.45) is 1.52. The second-order valence-electron chi connectivity index (χ2n) is 1.72. The second-order valence-corrected chi connectivity index (χ2v) is 1.72. The highest BCUT2D eigenvalue weighted by atomic mass is 16.3. The first-order chi connectivity index (χ1) is 3.68. The Morgan fingerprint density at radius 3 is 2.38 bits per heavy atom. The Labute approximate surface area is 48.8 Å². The van der Waals surface area contributed by atoms with Crippen molar-refractivity contribution in [2.45, 2.75) is 20.0 Å². The molecular formula is C6H10O2. The van der Waals surface area contributed by atoms with Crippen molar-refractivity contribution in [3.05, 3.63) is 11.6 Å². The standard InChI is InChI=1S/C6H10O2/c1-5(3-4-7)6(2)8/h3-4,6,8H,1-2H3. The fourth-order valence-corrected chi connectivity index (χ4v) is 0.247. The second kappa shape index (κ2) is 3.38. The molecule has 2 heteroatoms. The Morgan fingerprint density at radius 1 is 1.75 bits per heavy atom. The molecule has 0 bridgehead atoms. The number of carbonyl (C=O) groups excluding carboxylic acids is 1. The molecular weight excluding hydrogens is 104 g/mol. The SMILES string of the molecule is CC(=CC=O)C(C)O. The maximum atomic E-state index is 9.73. The van der Waals surface area contributed by atoms with Crippen molar-refractivity contribution in [1.82, 2.24) is 0 Å². The van der Waals surface area contributed by atoms with Crippen LogP contribution in [0.15, 0.2) is 11.6 Å². The summed E-state index contributed by atoms with van der Waals surface area (Å²) in [7, 11) is 0. The quantitative estimate of drug-likeness (QED) is 0.419. The molecule has 1 N–H and O–H groups in total. The van der Waals surface area contributed by atoms with Crippen molar-refractivity contribution in [3.8, 4) is 0 Å². The molecule has 0 amide bonds. The van der Waals surface area contributed by atoms with Gasteiger partial charge in [-0.2, -0.15) is 0 Å². The number of hydrogen-bond acceptors (Lipinski definition) is 2. The summed E-state index contributed by atoms with van der Waals surface area (Å²) in [5.74, 6) is 0. The molecule has 0 aromatic heterocycles. The number of allylic oxidation sites excluding steroid dienone is 1. The van der Waals surface area contributed by atoms with Crippen molar-refractivity contribution < 1.29 is 9.90 Å². The zero-order valence-electron chi connectivity index (χ0n) is 5.09. The number of aliphatic hydroxyl groups is 1. The summed E-state index contributed by atoms with van der Waals surface area (Å²) in [4.78, 5) is 9.73. The third kappa shape index (κ3) is 2.53. The molecule has 1 unspecified atom stereocenters. The average Bonchev–Trinajstić information content (AvgIpc) is 1.67. The fourth-order valence-electron chi connectivity index (χ4n) is 0.247. The monoisotopic (exact) mass is 114 g/mol. The van der Waals surface area contributed by atoms with Gasteiger partial charge in [0.25, 0.3) is 0 Å². The molecule has 0 saturated heterocycles. The van der Waals surface area contributed by atoms with E-state index in [1.54, 1.807) is 13.8 Å². The third-order valence-electron chi connectivity index (χ3n) is 0.990. The summed E-state index contributed by atoms with van der Waals surface area (Å²) >= 11 is 0. The van der Waals surface area contributed by atoms with E-state index in [1.807, 2.05) is 0 Å². The molecule has 8 heavy (non-hydrogen) atoms. The van der Waals surface area contributed by atoms with Gasteiger partial charge in [0.05, 0.1) is 6.10 Å². The van der Waals surface area contributed by atoms with Gasteiger partial charge < -0.3 is 5.11 Å². The summed E-state index contributed by atoms with van der Waals surface area (Å²) in [5.41, 5.74) is 0.694. The molecule has 0 rings (SSSR count). The smallest absolute Gasteiger partial charge is 0.142 e. The van der Waals surface area contributed by atoms with E-state index in [9.17, 15) is 4.79 Å². The Hall–Kier alpha value is -0.630. The zero-order chi connectivity index (χ0) is 6.57. The van der Waals surface area contributed by atoms with Crippen LogP contribution in [0.4, 0.5) is 0 Å². The maximum absolute atomic E-state index is 9.73. The predicted octanol–water partition coefficient (Wildman–Crippen LogP) is 0.512. The fraction of sp³-hybridized carbons (Fsp3) is 0.500.